The van der Waals surface area contributed by atoms with Gasteiger partial charge in [-0.15, -0.1) is 0 Å². The van der Waals surface area contributed by atoms with Crippen LogP contribution in [0.3, 0.4) is 0 Å². The largest absolute Gasteiger partial charge is 0.768 e. The maximum absolute atomic E-state index is 11.7. The molecule has 4 nitrogen and oxygen atoms in total. The molecule has 1 unspecified atom stereocenters. The van der Waals surface area contributed by atoms with E-state index in [4.69, 9.17) is 0 Å². The zero-order valence-electron chi connectivity index (χ0n) is 8.20. The summed E-state index contributed by atoms with van der Waals surface area (Å²) in [6, 6.07) is 8.42. The summed E-state index contributed by atoms with van der Waals surface area (Å²) < 4.78 is 0. The molecule has 0 bridgehead atoms. The number of para-hydroxylation sites is 1. The molecule has 5 heteroatoms. The van der Waals surface area contributed by atoms with Crippen LogP contribution in [0.15, 0.2) is 30.3 Å². The number of hydrazine groups is 1. The third kappa shape index (κ3) is 2.43. The van der Waals surface area contributed by atoms with Gasteiger partial charge >= 0.3 is 0 Å². The first-order valence-corrected chi connectivity index (χ1v) is 6.01. The van der Waals surface area contributed by atoms with E-state index in [1.807, 2.05) is 6.07 Å². The Hall–Kier alpha value is -0.750. The van der Waals surface area contributed by atoms with Crippen molar-refractivity contribution in [1.29, 1.82) is 0 Å². The molecule has 0 N–H and O–H groups in total. The smallest absolute Gasteiger partial charge is 0.0398 e. The molecule has 1 atom stereocenters. The Bertz CT molecular complexity index is 304. The lowest BCUT2D eigenvalue weighted by Gasteiger charge is -2.49. The van der Waals surface area contributed by atoms with Crippen molar-refractivity contribution in [2.75, 3.05) is 16.7 Å². The monoisotopic (exact) mass is 224 g/mol. The average molecular weight is 224 g/mol. The van der Waals surface area contributed by atoms with E-state index in [1.54, 1.807) is 36.0 Å². The van der Waals surface area contributed by atoms with Crippen molar-refractivity contribution < 1.29 is 0 Å². The Morgan fingerprint density at radius 1 is 1.20 bits per heavy atom. The Balaban J connectivity index is 2.03. The average Bonchev–Trinajstić information content (AvgIpc) is 2.82. The third-order valence-electron chi connectivity index (χ3n) is 2.37. The lowest BCUT2D eigenvalue weighted by molar-refractivity contribution is 0.301. The molecule has 1 aromatic carbocycles. The summed E-state index contributed by atoms with van der Waals surface area (Å²) in [7, 11) is 0. The Morgan fingerprint density at radius 2 is 1.93 bits per heavy atom. The number of hydroxylamine groups is 1. The van der Waals surface area contributed by atoms with Crippen molar-refractivity contribution in [3.8, 4) is 0 Å². The number of hydrogen-bond acceptors (Lipinski definition) is 5. The number of hydrogen-bond donors (Lipinski definition) is 0. The second-order valence-electron chi connectivity index (χ2n) is 3.43. The van der Waals surface area contributed by atoms with Gasteiger partial charge < -0.3 is 20.8 Å². The van der Waals surface area contributed by atoms with Crippen molar-refractivity contribution in [2.24, 2.45) is 0 Å². The maximum Gasteiger partial charge on any atom is 0.0398 e. The predicted octanol–water partition coefficient (Wildman–Crippen LogP) is 2.21. The Labute approximate surface area is 93.0 Å². The second kappa shape index (κ2) is 4.85. The molecule has 0 amide bonds. The third-order valence-corrected chi connectivity index (χ3v) is 3.52. The fourth-order valence-electron chi connectivity index (χ4n) is 1.51. The maximum atomic E-state index is 11.7. The molecule has 1 aromatic rings. The molecule has 1 saturated heterocycles. The van der Waals surface area contributed by atoms with E-state index in [1.165, 1.54) is 0 Å². The van der Waals surface area contributed by atoms with E-state index >= 15 is 0 Å². The molecule has 1 heterocycles. The topological polar surface area (TPSA) is 52.6 Å². The summed E-state index contributed by atoms with van der Waals surface area (Å²) in [5, 5.41) is 24.3. The highest BCUT2D eigenvalue weighted by atomic mass is 32.2. The van der Waals surface area contributed by atoms with Crippen LogP contribution in [0.4, 0.5) is 5.69 Å². The molecule has 0 aromatic heterocycles. The van der Waals surface area contributed by atoms with Crippen LogP contribution in [0, 0.1) is 10.4 Å². The van der Waals surface area contributed by atoms with Gasteiger partial charge in [-0.2, -0.15) is 11.8 Å². The summed E-state index contributed by atoms with van der Waals surface area (Å²) >= 11 is 1.72. The molecule has 1 aliphatic heterocycles. The number of thioether (sulfide) groups is 1. The molecule has 2 rings (SSSR count). The van der Waals surface area contributed by atoms with Crippen molar-refractivity contribution in [3.63, 3.8) is 0 Å². The lowest BCUT2D eigenvalue weighted by atomic mass is 10.3. The van der Waals surface area contributed by atoms with Gasteiger partial charge in [-0.1, -0.05) is 18.2 Å². The van der Waals surface area contributed by atoms with Crippen LogP contribution in [0.1, 0.15) is 6.42 Å². The quantitative estimate of drug-likeness (QED) is 0.737. The minimum atomic E-state index is -0.173. The van der Waals surface area contributed by atoms with Crippen molar-refractivity contribution >= 4 is 17.4 Å². The van der Waals surface area contributed by atoms with Gasteiger partial charge in [-0.3, -0.25) is 0 Å². The summed E-state index contributed by atoms with van der Waals surface area (Å²) in [5.41, 5.74) is 0.393. The zero-order chi connectivity index (χ0) is 10.7. The first-order valence-electron chi connectivity index (χ1n) is 4.85. The summed E-state index contributed by atoms with van der Waals surface area (Å²) in [4.78, 5) is 0. The van der Waals surface area contributed by atoms with E-state index in [2.05, 4.69) is 0 Å². The van der Waals surface area contributed by atoms with Crippen LogP contribution < -0.4 is 5.17 Å². The van der Waals surface area contributed by atoms with Crippen molar-refractivity contribution in [3.05, 3.63) is 40.7 Å². The van der Waals surface area contributed by atoms with Gasteiger partial charge in [0.25, 0.3) is 0 Å². The molecule has 0 aliphatic carbocycles. The summed E-state index contributed by atoms with van der Waals surface area (Å²) in [6.45, 7) is 0. The van der Waals surface area contributed by atoms with Gasteiger partial charge in [-0.25, -0.2) is 0 Å². The SMILES string of the molecule is [O-]N(c1ccccc1)N([O-])C1CCSC1. The highest BCUT2D eigenvalue weighted by molar-refractivity contribution is 7.99. The van der Waals surface area contributed by atoms with Gasteiger partial charge in [-0.05, 0) is 24.3 Å². The van der Waals surface area contributed by atoms with E-state index in [9.17, 15) is 10.4 Å². The number of rotatable bonds is 3. The summed E-state index contributed by atoms with van der Waals surface area (Å²) in [5.74, 6) is 1.71. The van der Waals surface area contributed by atoms with Crippen molar-refractivity contribution in [2.45, 2.75) is 12.5 Å². The van der Waals surface area contributed by atoms with Gasteiger partial charge in [0.2, 0.25) is 0 Å². The van der Waals surface area contributed by atoms with Crippen molar-refractivity contribution in [1.82, 2.24) is 5.17 Å². The number of anilines is 1. The molecule has 0 spiro atoms. The molecule has 0 saturated carbocycles. The second-order valence-corrected chi connectivity index (χ2v) is 4.58. The lowest BCUT2D eigenvalue weighted by Crippen LogP contribution is -2.41. The van der Waals surface area contributed by atoms with Gasteiger partial charge in [0.15, 0.2) is 0 Å². The molecule has 82 valence electrons. The highest BCUT2D eigenvalue weighted by Crippen LogP contribution is 2.25. The first-order chi connectivity index (χ1) is 7.29. The van der Waals surface area contributed by atoms with Gasteiger partial charge in [0.1, 0.15) is 0 Å². The van der Waals surface area contributed by atoms with Crippen LogP contribution in [0.2, 0.25) is 0 Å². The minimum absolute atomic E-state index is 0.173. The zero-order valence-corrected chi connectivity index (χ0v) is 9.02. The van der Waals surface area contributed by atoms with E-state index in [0.29, 0.717) is 16.0 Å². The number of nitrogens with zero attached hydrogens (tertiary/aromatic N) is 2. The molecule has 1 aliphatic rings. The van der Waals surface area contributed by atoms with Crippen LogP contribution in [-0.2, 0) is 0 Å². The normalized spacial score (nSPS) is 20.9. The van der Waals surface area contributed by atoms with E-state index in [-0.39, 0.29) is 6.04 Å². The molecule has 15 heavy (non-hydrogen) atoms. The van der Waals surface area contributed by atoms with E-state index < -0.39 is 0 Å². The van der Waals surface area contributed by atoms with Crippen LogP contribution in [0.25, 0.3) is 0 Å². The van der Waals surface area contributed by atoms with Gasteiger partial charge in [0, 0.05) is 17.5 Å². The Kier molecular flexibility index (Phi) is 3.48. The fraction of sp³-hybridized carbons (Fsp3) is 0.400. The minimum Gasteiger partial charge on any atom is -0.768 e. The molecule has 1 fully saturated rings. The molecular weight excluding hydrogens is 212 g/mol. The fourth-order valence-corrected chi connectivity index (χ4v) is 2.69. The summed E-state index contributed by atoms with van der Waals surface area (Å²) in [6.07, 6.45) is 0.791. The van der Waals surface area contributed by atoms with Crippen LogP contribution in [-0.4, -0.2) is 22.7 Å². The number of benzene rings is 1. The molecule has 0 radical (unpaired) electrons. The molecular formula is C10H12N2O2S-2. The highest BCUT2D eigenvalue weighted by Gasteiger charge is 2.17. The van der Waals surface area contributed by atoms with E-state index in [0.717, 1.165) is 17.9 Å². The Morgan fingerprint density at radius 3 is 2.53 bits per heavy atom. The standard InChI is InChI=1S/C10H12N2O2S/c13-11(9-4-2-1-3-5-9)12(14)10-6-7-15-8-10/h1-5,10H,6-8H2/q-2. The van der Waals surface area contributed by atoms with Crippen LogP contribution >= 0.6 is 11.8 Å². The van der Waals surface area contributed by atoms with Crippen LogP contribution in [0.5, 0.6) is 0 Å². The predicted molar refractivity (Wildman–Crippen MR) is 63.2 cm³/mol. The first kappa shape index (κ1) is 10.8. The van der Waals surface area contributed by atoms with Gasteiger partial charge in [0.05, 0.1) is 0 Å².